The lowest BCUT2D eigenvalue weighted by atomic mass is 10.2. The van der Waals surface area contributed by atoms with Crippen LogP contribution in [0.15, 0.2) is 23.2 Å². The van der Waals surface area contributed by atoms with Gasteiger partial charge in [-0.25, -0.2) is 18.5 Å². The number of primary sulfonamides is 1. The average molecular weight is 258 g/mol. The monoisotopic (exact) mass is 258 g/mol. The fourth-order valence-corrected chi connectivity index (χ4v) is 1.70. The molecule has 0 saturated carbocycles. The maximum absolute atomic E-state index is 11.0. The van der Waals surface area contributed by atoms with Crippen LogP contribution in [0, 0.1) is 0 Å². The van der Waals surface area contributed by atoms with Crippen LogP contribution in [0.5, 0.6) is 0 Å². The molecule has 5 N–H and O–H groups in total. The van der Waals surface area contributed by atoms with Gasteiger partial charge in [-0.05, 0) is 25.0 Å². The molecule has 1 atom stereocenters. The summed E-state index contributed by atoms with van der Waals surface area (Å²) in [5, 5.41) is 8.02. The van der Waals surface area contributed by atoms with Crippen LogP contribution in [0.25, 0.3) is 0 Å². The Morgan fingerprint density at radius 3 is 2.65 bits per heavy atom. The van der Waals surface area contributed by atoms with Crippen LogP contribution in [0.1, 0.15) is 19.8 Å². The highest BCUT2D eigenvalue weighted by molar-refractivity contribution is 7.89. The van der Waals surface area contributed by atoms with Crippen LogP contribution in [0.3, 0.4) is 0 Å². The zero-order valence-electron chi connectivity index (χ0n) is 9.76. The molecule has 0 aliphatic rings. The predicted molar refractivity (Wildman–Crippen MR) is 67.0 cm³/mol. The van der Waals surface area contributed by atoms with Crippen molar-refractivity contribution >= 4 is 15.8 Å². The van der Waals surface area contributed by atoms with E-state index in [4.69, 9.17) is 10.9 Å². The number of hydrogen-bond donors (Lipinski definition) is 3. The zero-order chi connectivity index (χ0) is 12.9. The van der Waals surface area contributed by atoms with Gasteiger partial charge in [-0.2, -0.15) is 0 Å². The lowest BCUT2D eigenvalue weighted by molar-refractivity contribution is 0.597. The Morgan fingerprint density at radius 1 is 1.47 bits per heavy atom. The van der Waals surface area contributed by atoms with Gasteiger partial charge >= 0.3 is 0 Å². The van der Waals surface area contributed by atoms with Crippen molar-refractivity contribution in [3.8, 4) is 0 Å². The highest BCUT2D eigenvalue weighted by Crippen LogP contribution is 2.08. The third kappa shape index (κ3) is 4.68. The molecule has 0 aromatic carbocycles. The molecule has 0 aliphatic heterocycles. The van der Waals surface area contributed by atoms with Gasteiger partial charge in [0.2, 0.25) is 10.0 Å². The van der Waals surface area contributed by atoms with Crippen LogP contribution in [0.2, 0.25) is 0 Å². The summed E-state index contributed by atoms with van der Waals surface area (Å²) in [5.41, 5.74) is 5.76. The summed E-state index contributed by atoms with van der Waals surface area (Å²) in [6.07, 6.45) is 3.01. The highest BCUT2D eigenvalue weighted by atomic mass is 32.2. The molecule has 7 heteroatoms. The van der Waals surface area contributed by atoms with E-state index in [0.717, 1.165) is 12.8 Å². The van der Waals surface area contributed by atoms with Crippen LogP contribution in [0.4, 0.5) is 5.82 Å². The first-order valence-electron chi connectivity index (χ1n) is 5.41. The molecule has 1 rings (SSSR count). The van der Waals surface area contributed by atoms with E-state index in [1.807, 2.05) is 6.92 Å². The molecule has 96 valence electrons. The Hall–Kier alpha value is -1.18. The Labute approximate surface area is 101 Å². The molecule has 6 nitrogen and oxygen atoms in total. The third-order valence-electron chi connectivity index (χ3n) is 2.41. The SMILES string of the molecule is CCC(N)CCNc1ccc(S(N)(=O)=O)cn1. The van der Waals surface area contributed by atoms with Gasteiger partial charge in [0.25, 0.3) is 0 Å². The minimum Gasteiger partial charge on any atom is -0.370 e. The Morgan fingerprint density at radius 2 is 2.18 bits per heavy atom. The summed E-state index contributed by atoms with van der Waals surface area (Å²) < 4.78 is 22.0. The first-order valence-corrected chi connectivity index (χ1v) is 6.96. The normalized spacial score (nSPS) is 13.4. The van der Waals surface area contributed by atoms with E-state index < -0.39 is 10.0 Å². The standard InChI is InChI=1S/C10H18N4O2S/c1-2-8(11)5-6-13-10-4-3-9(7-14-10)17(12,15)16/h3-4,7-8H,2,5-6,11H2,1H3,(H,13,14)(H2,12,15,16). The van der Waals surface area contributed by atoms with E-state index in [1.54, 1.807) is 6.07 Å². The second-order valence-electron chi connectivity index (χ2n) is 3.81. The summed E-state index contributed by atoms with van der Waals surface area (Å²) in [5.74, 6) is 0.612. The lowest BCUT2D eigenvalue weighted by Crippen LogP contribution is -2.22. The molecule has 0 fully saturated rings. The Kier molecular flexibility index (Phi) is 4.86. The van der Waals surface area contributed by atoms with E-state index >= 15 is 0 Å². The van der Waals surface area contributed by atoms with Gasteiger partial charge in [0.05, 0.1) is 0 Å². The van der Waals surface area contributed by atoms with Crippen molar-refractivity contribution in [2.45, 2.75) is 30.7 Å². The molecular weight excluding hydrogens is 240 g/mol. The fraction of sp³-hybridized carbons (Fsp3) is 0.500. The quantitative estimate of drug-likeness (QED) is 0.678. The summed E-state index contributed by atoms with van der Waals surface area (Å²) in [4.78, 5) is 3.96. The molecule has 17 heavy (non-hydrogen) atoms. The first kappa shape index (κ1) is 13.9. The topological polar surface area (TPSA) is 111 Å². The van der Waals surface area contributed by atoms with E-state index in [1.165, 1.54) is 12.3 Å². The van der Waals surface area contributed by atoms with Crippen LogP contribution in [-0.4, -0.2) is 26.0 Å². The molecule has 1 aromatic rings. The van der Waals surface area contributed by atoms with E-state index in [9.17, 15) is 8.42 Å². The van der Waals surface area contributed by atoms with Gasteiger partial charge in [0, 0.05) is 18.8 Å². The smallest absolute Gasteiger partial charge is 0.239 e. The summed E-state index contributed by atoms with van der Waals surface area (Å²) in [6.45, 7) is 2.74. The van der Waals surface area contributed by atoms with Crippen LogP contribution >= 0.6 is 0 Å². The van der Waals surface area contributed by atoms with E-state index in [2.05, 4.69) is 10.3 Å². The largest absolute Gasteiger partial charge is 0.370 e. The molecule has 0 spiro atoms. The minimum absolute atomic E-state index is 0.00769. The van der Waals surface area contributed by atoms with Crippen molar-refractivity contribution < 1.29 is 8.42 Å². The number of hydrogen-bond acceptors (Lipinski definition) is 5. The number of rotatable bonds is 6. The van der Waals surface area contributed by atoms with E-state index in [-0.39, 0.29) is 10.9 Å². The predicted octanol–water partition coefficient (Wildman–Crippen LogP) is 0.268. The van der Waals surface area contributed by atoms with Crippen LogP contribution < -0.4 is 16.2 Å². The van der Waals surface area contributed by atoms with Crippen molar-refractivity contribution in [2.75, 3.05) is 11.9 Å². The summed E-state index contributed by atoms with van der Waals surface area (Å²) in [7, 11) is -3.67. The van der Waals surface area contributed by atoms with Crippen molar-refractivity contribution in [3.05, 3.63) is 18.3 Å². The second-order valence-corrected chi connectivity index (χ2v) is 5.37. The molecule has 1 unspecified atom stereocenters. The maximum atomic E-state index is 11.0. The molecule has 0 aliphatic carbocycles. The number of pyridine rings is 1. The van der Waals surface area contributed by atoms with Gasteiger partial charge in [0.1, 0.15) is 10.7 Å². The summed E-state index contributed by atoms with van der Waals surface area (Å²) >= 11 is 0. The lowest BCUT2D eigenvalue weighted by Gasteiger charge is -2.10. The van der Waals surface area contributed by atoms with Gasteiger partial charge < -0.3 is 11.1 Å². The molecule has 0 bridgehead atoms. The number of aromatic nitrogens is 1. The third-order valence-corrected chi connectivity index (χ3v) is 3.31. The van der Waals surface area contributed by atoms with Crippen molar-refractivity contribution in [1.29, 1.82) is 0 Å². The highest BCUT2D eigenvalue weighted by Gasteiger charge is 2.07. The van der Waals surface area contributed by atoms with Gasteiger partial charge in [-0.3, -0.25) is 0 Å². The van der Waals surface area contributed by atoms with Crippen molar-refractivity contribution in [3.63, 3.8) is 0 Å². The number of nitrogens with one attached hydrogen (secondary N) is 1. The maximum Gasteiger partial charge on any atom is 0.239 e. The molecule has 0 amide bonds. The Bertz CT molecular complexity index is 444. The second kappa shape index (κ2) is 5.95. The molecule has 1 aromatic heterocycles. The van der Waals surface area contributed by atoms with Gasteiger partial charge in [-0.1, -0.05) is 6.92 Å². The molecular formula is C10H18N4O2S. The van der Waals surface area contributed by atoms with Gasteiger partial charge in [-0.15, -0.1) is 0 Å². The van der Waals surface area contributed by atoms with Crippen molar-refractivity contribution in [2.24, 2.45) is 10.9 Å². The average Bonchev–Trinajstić information content (AvgIpc) is 2.28. The molecule has 1 heterocycles. The zero-order valence-corrected chi connectivity index (χ0v) is 10.6. The Balaban J connectivity index is 2.52. The van der Waals surface area contributed by atoms with Gasteiger partial charge in [0.15, 0.2) is 0 Å². The molecule has 0 saturated heterocycles. The number of sulfonamides is 1. The number of nitrogens with two attached hydrogens (primary N) is 2. The summed E-state index contributed by atoms with van der Waals surface area (Å²) in [6, 6.07) is 3.17. The van der Waals surface area contributed by atoms with E-state index in [0.29, 0.717) is 12.4 Å². The number of nitrogens with zero attached hydrogens (tertiary/aromatic N) is 1. The van der Waals surface area contributed by atoms with Crippen LogP contribution in [-0.2, 0) is 10.0 Å². The fourth-order valence-electron chi connectivity index (χ4n) is 1.24. The minimum atomic E-state index is -3.67. The van der Waals surface area contributed by atoms with Crippen molar-refractivity contribution in [1.82, 2.24) is 4.98 Å². The first-order chi connectivity index (χ1) is 7.93. The molecule has 0 radical (unpaired) electrons. The number of anilines is 1.